The van der Waals surface area contributed by atoms with Gasteiger partial charge in [0, 0.05) is 7.11 Å². The van der Waals surface area contributed by atoms with Crippen LogP contribution in [0.2, 0.25) is 0 Å². The molecular weight excluding hydrogens is 316 g/mol. The maximum absolute atomic E-state index is 7.00. The summed E-state index contributed by atoms with van der Waals surface area (Å²) in [4.78, 5) is 0. The minimum atomic E-state index is 0. The summed E-state index contributed by atoms with van der Waals surface area (Å²) in [5, 5.41) is 7.00. The first-order valence-corrected chi connectivity index (χ1v) is 10.0. The number of hydrogen-bond acceptors (Lipinski definition) is 1. The van der Waals surface area contributed by atoms with E-state index in [1.165, 1.54) is 56.9 Å². The van der Waals surface area contributed by atoms with Gasteiger partial charge in [0.2, 0.25) is 0 Å². The Morgan fingerprint density at radius 1 is 0.846 bits per heavy atom. The van der Waals surface area contributed by atoms with Crippen LogP contribution < -0.4 is 0 Å². The van der Waals surface area contributed by atoms with Gasteiger partial charge in [-0.15, -0.1) is 0 Å². The van der Waals surface area contributed by atoms with Gasteiger partial charge in [0.15, 0.2) is 0 Å². The van der Waals surface area contributed by atoms with E-state index in [1.54, 1.807) is 11.1 Å². The number of hydrogen-bond donors (Lipinski definition) is 1. The number of aryl methyl sites for hydroxylation is 1. The van der Waals surface area contributed by atoms with Crippen molar-refractivity contribution in [3.8, 4) is 0 Å². The van der Waals surface area contributed by atoms with E-state index in [0.717, 1.165) is 13.5 Å². The second-order valence-corrected chi connectivity index (χ2v) is 6.29. The number of allylic oxidation sites excluding steroid dienone is 4. The SMILES string of the molecule is C.CCCCC.CCc1ccccc1.CO.[CH]1CC=CC2=C1CCCC2. The standard InChI is InChI=1S/C10H13.C8H10.C5H12.CH4O.CH4/c1-2-6-10-8-4-3-7-9(10)5-1;1-2-8-6-4-3-5-7-8;1-3-5-4-2;1-2;/h1,5-6H,2-4,7-8H2;3-7H,2H2,1H3;3-5H2,1-2H3;2H,1H3;1H4. The van der Waals surface area contributed by atoms with Crippen LogP contribution in [-0.4, -0.2) is 12.2 Å². The van der Waals surface area contributed by atoms with Gasteiger partial charge in [0.25, 0.3) is 0 Å². The normalized spacial score (nSPS) is 14.2. The Balaban J connectivity index is 0. The molecular formula is C25H43O. The molecule has 2 aliphatic carbocycles. The molecule has 0 saturated carbocycles. The Morgan fingerprint density at radius 2 is 1.42 bits per heavy atom. The molecule has 0 bridgehead atoms. The lowest BCUT2D eigenvalue weighted by atomic mass is 9.86. The van der Waals surface area contributed by atoms with Gasteiger partial charge in [-0.3, -0.25) is 0 Å². The van der Waals surface area contributed by atoms with Crippen LogP contribution in [0.5, 0.6) is 0 Å². The summed E-state index contributed by atoms with van der Waals surface area (Å²) in [6.07, 6.45) is 18.8. The molecule has 0 aromatic heterocycles. The molecule has 26 heavy (non-hydrogen) atoms. The van der Waals surface area contributed by atoms with Crippen molar-refractivity contribution in [1.82, 2.24) is 0 Å². The third-order valence-corrected chi connectivity index (χ3v) is 4.33. The van der Waals surface area contributed by atoms with Crippen molar-refractivity contribution in [2.75, 3.05) is 7.11 Å². The van der Waals surface area contributed by atoms with Crippen molar-refractivity contribution in [1.29, 1.82) is 0 Å². The number of rotatable bonds is 3. The predicted molar refractivity (Wildman–Crippen MR) is 119 cm³/mol. The van der Waals surface area contributed by atoms with E-state index in [2.05, 4.69) is 63.6 Å². The first kappa shape index (κ1) is 26.9. The molecule has 3 rings (SSSR count). The van der Waals surface area contributed by atoms with Gasteiger partial charge < -0.3 is 5.11 Å². The van der Waals surface area contributed by atoms with E-state index in [4.69, 9.17) is 5.11 Å². The number of aliphatic hydroxyl groups excluding tert-OH is 1. The van der Waals surface area contributed by atoms with Gasteiger partial charge in [-0.05, 0) is 56.1 Å². The first-order chi connectivity index (χ1) is 12.3. The molecule has 0 fully saturated rings. The molecule has 0 heterocycles. The van der Waals surface area contributed by atoms with Crippen molar-refractivity contribution in [3.63, 3.8) is 0 Å². The lowest BCUT2D eigenvalue weighted by Gasteiger charge is -2.20. The topological polar surface area (TPSA) is 20.2 Å². The summed E-state index contributed by atoms with van der Waals surface area (Å²) in [5.74, 6) is 0. The highest BCUT2D eigenvalue weighted by atomic mass is 16.2. The zero-order chi connectivity index (χ0) is 18.8. The second kappa shape index (κ2) is 20.0. The summed E-state index contributed by atoms with van der Waals surface area (Å²) in [6.45, 7) is 6.59. The Labute approximate surface area is 164 Å². The second-order valence-electron chi connectivity index (χ2n) is 6.29. The molecule has 1 aromatic carbocycles. The Bertz CT molecular complexity index is 454. The van der Waals surface area contributed by atoms with Crippen LogP contribution in [0.3, 0.4) is 0 Å². The monoisotopic (exact) mass is 359 g/mol. The summed E-state index contributed by atoms with van der Waals surface area (Å²) in [6, 6.07) is 10.5. The van der Waals surface area contributed by atoms with Crippen molar-refractivity contribution >= 4 is 0 Å². The van der Waals surface area contributed by atoms with E-state index in [1.807, 2.05) is 6.07 Å². The Morgan fingerprint density at radius 3 is 1.85 bits per heavy atom. The molecule has 1 nitrogen and oxygen atoms in total. The molecule has 1 N–H and O–H groups in total. The molecule has 1 radical (unpaired) electrons. The first-order valence-electron chi connectivity index (χ1n) is 10.0. The fourth-order valence-corrected chi connectivity index (χ4v) is 2.86. The maximum Gasteiger partial charge on any atom is 0.0319 e. The van der Waals surface area contributed by atoms with E-state index >= 15 is 0 Å². The van der Waals surface area contributed by atoms with E-state index in [0.29, 0.717) is 0 Å². The Hall–Kier alpha value is -1.34. The largest absolute Gasteiger partial charge is 0.400 e. The van der Waals surface area contributed by atoms with E-state index in [-0.39, 0.29) is 7.43 Å². The van der Waals surface area contributed by atoms with Crippen molar-refractivity contribution < 1.29 is 5.11 Å². The lowest BCUT2D eigenvalue weighted by molar-refractivity contribution is 0.399. The van der Waals surface area contributed by atoms with Gasteiger partial charge in [0.1, 0.15) is 0 Å². The summed E-state index contributed by atoms with van der Waals surface area (Å²) in [7, 11) is 1.00. The van der Waals surface area contributed by atoms with Crippen LogP contribution >= 0.6 is 0 Å². The molecule has 2 aliphatic rings. The molecule has 0 aliphatic heterocycles. The van der Waals surface area contributed by atoms with Gasteiger partial charge in [0.05, 0.1) is 0 Å². The van der Waals surface area contributed by atoms with Crippen molar-refractivity contribution in [2.45, 2.75) is 86.0 Å². The average Bonchev–Trinajstić information content (AvgIpc) is 2.72. The highest BCUT2D eigenvalue weighted by molar-refractivity contribution is 5.36. The fourth-order valence-electron chi connectivity index (χ4n) is 2.86. The van der Waals surface area contributed by atoms with Crippen LogP contribution in [0.25, 0.3) is 0 Å². The highest BCUT2D eigenvalue weighted by Gasteiger charge is 2.11. The molecule has 0 saturated heterocycles. The highest BCUT2D eigenvalue weighted by Crippen LogP contribution is 2.30. The molecule has 0 atom stereocenters. The van der Waals surface area contributed by atoms with Gasteiger partial charge >= 0.3 is 0 Å². The number of benzene rings is 1. The number of aliphatic hydroxyl groups is 1. The molecule has 0 spiro atoms. The number of unbranched alkanes of at least 4 members (excludes halogenated alkanes) is 2. The summed E-state index contributed by atoms with van der Waals surface area (Å²) in [5.41, 5.74) is 4.65. The van der Waals surface area contributed by atoms with Crippen LogP contribution in [0.1, 0.15) is 85.1 Å². The molecule has 1 heteroatoms. The predicted octanol–water partition coefficient (Wildman–Crippen LogP) is 7.71. The molecule has 149 valence electrons. The third kappa shape index (κ3) is 12.9. The van der Waals surface area contributed by atoms with Gasteiger partial charge in [-0.25, -0.2) is 0 Å². The zero-order valence-corrected chi connectivity index (χ0v) is 16.9. The van der Waals surface area contributed by atoms with E-state index in [9.17, 15) is 0 Å². The van der Waals surface area contributed by atoms with E-state index < -0.39 is 0 Å². The van der Waals surface area contributed by atoms with Gasteiger partial charge in [-0.2, -0.15) is 0 Å². The fraction of sp³-hybridized carbons (Fsp3) is 0.560. The minimum Gasteiger partial charge on any atom is -0.400 e. The smallest absolute Gasteiger partial charge is 0.0319 e. The van der Waals surface area contributed by atoms with Crippen LogP contribution in [-0.2, 0) is 6.42 Å². The average molecular weight is 360 g/mol. The van der Waals surface area contributed by atoms with Crippen LogP contribution in [0.15, 0.2) is 53.6 Å². The summed E-state index contributed by atoms with van der Waals surface area (Å²) >= 11 is 0. The van der Waals surface area contributed by atoms with Crippen molar-refractivity contribution in [2.24, 2.45) is 0 Å². The molecule has 0 unspecified atom stereocenters. The zero-order valence-electron chi connectivity index (χ0n) is 16.9. The van der Waals surface area contributed by atoms with Crippen LogP contribution in [0.4, 0.5) is 0 Å². The lowest BCUT2D eigenvalue weighted by Crippen LogP contribution is -2.01. The third-order valence-electron chi connectivity index (χ3n) is 4.33. The quantitative estimate of drug-likeness (QED) is 0.586. The van der Waals surface area contributed by atoms with Crippen molar-refractivity contribution in [3.05, 3.63) is 65.6 Å². The maximum atomic E-state index is 7.00. The minimum absolute atomic E-state index is 0. The molecule has 0 amide bonds. The van der Waals surface area contributed by atoms with Gasteiger partial charge in [-0.1, -0.05) is 95.5 Å². The summed E-state index contributed by atoms with van der Waals surface area (Å²) < 4.78 is 0. The molecule has 1 aromatic rings. The van der Waals surface area contributed by atoms with Crippen LogP contribution in [0, 0.1) is 6.42 Å². The Kier molecular flexibility index (Phi) is 20.7.